The molecule has 0 saturated heterocycles. The quantitative estimate of drug-likeness (QED) is 0.836. The minimum Gasteiger partial charge on any atom is -0.373 e. The van der Waals surface area contributed by atoms with Crippen LogP contribution in [0.1, 0.15) is 5.56 Å². The first-order chi connectivity index (χ1) is 9.40. The lowest BCUT2D eigenvalue weighted by molar-refractivity contribution is -0.137. The first-order valence-corrected chi connectivity index (χ1v) is 5.69. The Kier molecular flexibility index (Phi) is 3.78. The summed E-state index contributed by atoms with van der Waals surface area (Å²) in [5.74, 6) is -0.0212. The molecule has 0 fully saturated rings. The summed E-state index contributed by atoms with van der Waals surface area (Å²) in [5.41, 5.74) is -1.20. The molecule has 0 amide bonds. The third-order valence-electron chi connectivity index (χ3n) is 2.56. The fourth-order valence-corrected chi connectivity index (χ4v) is 1.58. The van der Waals surface area contributed by atoms with E-state index in [9.17, 15) is 17.6 Å². The van der Waals surface area contributed by atoms with Gasteiger partial charge in [0, 0.05) is 7.05 Å². The Balaban J connectivity index is 2.32. The predicted octanol–water partition coefficient (Wildman–Crippen LogP) is 4.02. The van der Waals surface area contributed by atoms with Gasteiger partial charge in [0.25, 0.3) is 0 Å². The second-order valence-electron chi connectivity index (χ2n) is 3.98. The minimum absolute atomic E-state index is 0.245. The van der Waals surface area contributed by atoms with E-state index in [1.165, 1.54) is 6.07 Å². The summed E-state index contributed by atoms with van der Waals surface area (Å²) in [5, 5.41) is 5.31. The molecule has 2 N–H and O–H groups in total. The lowest BCUT2D eigenvalue weighted by Gasteiger charge is -2.11. The van der Waals surface area contributed by atoms with Crippen LogP contribution in [0.4, 0.5) is 34.9 Å². The monoisotopic (exact) mass is 285 g/mol. The maximum atomic E-state index is 13.6. The molecule has 106 valence electrons. The number of halogens is 4. The molecule has 0 bridgehead atoms. The van der Waals surface area contributed by atoms with E-state index < -0.39 is 17.6 Å². The van der Waals surface area contributed by atoms with Gasteiger partial charge in [-0.3, -0.25) is 0 Å². The zero-order valence-electron chi connectivity index (χ0n) is 10.4. The van der Waals surface area contributed by atoms with Gasteiger partial charge in [-0.1, -0.05) is 6.07 Å². The number of aromatic nitrogens is 1. The van der Waals surface area contributed by atoms with E-state index in [0.29, 0.717) is 18.0 Å². The van der Waals surface area contributed by atoms with Crippen LogP contribution in [-0.2, 0) is 6.18 Å². The van der Waals surface area contributed by atoms with Crippen LogP contribution in [0.5, 0.6) is 0 Å². The second-order valence-corrected chi connectivity index (χ2v) is 3.98. The SMILES string of the molecule is CNc1cccc(Nc2cc(C(F)(F)F)ccc2F)n1. The molecular formula is C13H11F4N3. The molecule has 2 rings (SSSR count). The molecular weight excluding hydrogens is 274 g/mol. The highest BCUT2D eigenvalue weighted by molar-refractivity contribution is 5.59. The number of nitrogens with zero attached hydrogens (tertiary/aromatic N) is 1. The molecule has 1 aromatic heterocycles. The van der Waals surface area contributed by atoms with Crippen LogP contribution in [-0.4, -0.2) is 12.0 Å². The zero-order chi connectivity index (χ0) is 14.8. The van der Waals surface area contributed by atoms with Crippen molar-refractivity contribution in [3.05, 3.63) is 47.8 Å². The van der Waals surface area contributed by atoms with Crippen LogP contribution in [0.25, 0.3) is 0 Å². The Morgan fingerprint density at radius 2 is 1.75 bits per heavy atom. The number of anilines is 3. The molecule has 20 heavy (non-hydrogen) atoms. The molecule has 2 aromatic rings. The Morgan fingerprint density at radius 1 is 1.05 bits per heavy atom. The molecule has 0 aliphatic carbocycles. The van der Waals surface area contributed by atoms with E-state index in [1.807, 2.05) is 0 Å². The fraction of sp³-hybridized carbons (Fsp3) is 0.154. The Hall–Kier alpha value is -2.31. The predicted molar refractivity (Wildman–Crippen MR) is 68.5 cm³/mol. The average molecular weight is 285 g/mol. The number of rotatable bonds is 3. The Labute approximate surface area is 112 Å². The largest absolute Gasteiger partial charge is 0.416 e. The molecule has 3 nitrogen and oxygen atoms in total. The number of hydrogen-bond acceptors (Lipinski definition) is 3. The van der Waals surface area contributed by atoms with Crippen molar-refractivity contribution >= 4 is 17.3 Å². The van der Waals surface area contributed by atoms with Gasteiger partial charge in [0.2, 0.25) is 0 Å². The van der Waals surface area contributed by atoms with E-state index in [4.69, 9.17) is 0 Å². The molecule has 0 unspecified atom stereocenters. The zero-order valence-corrected chi connectivity index (χ0v) is 10.4. The van der Waals surface area contributed by atoms with Gasteiger partial charge < -0.3 is 10.6 Å². The van der Waals surface area contributed by atoms with Gasteiger partial charge in [0.1, 0.15) is 17.5 Å². The summed E-state index contributed by atoms with van der Waals surface area (Å²) < 4.78 is 51.3. The molecule has 1 heterocycles. The molecule has 0 spiro atoms. The summed E-state index contributed by atoms with van der Waals surface area (Å²) in [6.45, 7) is 0. The van der Waals surface area contributed by atoms with Crippen LogP contribution in [0.2, 0.25) is 0 Å². The lowest BCUT2D eigenvalue weighted by atomic mass is 10.2. The van der Waals surface area contributed by atoms with E-state index in [1.54, 1.807) is 19.2 Å². The van der Waals surface area contributed by atoms with Gasteiger partial charge in [-0.2, -0.15) is 13.2 Å². The first-order valence-electron chi connectivity index (χ1n) is 5.69. The topological polar surface area (TPSA) is 37.0 Å². The van der Waals surface area contributed by atoms with Gasteiger partial charge in [-0.25, -0.2) is 9.37 Å². The lowest BCUT2D eigenvalue weighted by Crippen LogP contribution is -2.06. The van der Waals surface area contributed by atoms with E-state index in [0.717, 1.165) is 6.07 Å². The van der Waals surface area contributed by atoms with E-state index in [2.05, 4.69) is 15.6 Å². The number of alkyl halides is 3. The normalized spacial score (nSPS) is 11.2. The smallest absolute Gasteiger partial charge is 0.373 e. The highest BCUT2D eigenvalue weighted by Gasteiger charge is 2.31. The number of nitrogens with one attached hydrogen (secondary N) is 2. The summed E-state index contributed by atoms with van der Waals surface area (Å²) in [7, 11) is 1.65. The maximum Gasteiger partial charge on any atom is 0.416 e. The van der Waals surface area contributed by atoms with Crippen molar-refractivity contribution in [2.24, 2.45) is 0 Å². The number of hydrogen-bond donors (Lipinski definition) is 2. The van der Waals surface area contributed by atoms with Crippen LogP contribution in [0, 0.1) is 5.82 Å². The minimum atomic E-state index is -4.52. The molecule has 0 aliphatic heterocycles. The molecule has 0 saturated carbocycles. The maximum absolute atomic E-state index is 13.6. The molecule has 0 radical (unpaired) electrons. The van der Waals surface area contributed by atoms with Crippen molar-refractivity contribution in [1.29, 1.82) is 0 Å². The fourth-order valence-electron chi connectivity index (χ4n) is 1.58. The van der Waals surface area contributed by atoms with Gasteiger partial charge in [0.15, 0.2) is 0 Å². The van der Waals surface area contributed by atoms with Gasteiger partial charge in [0.05, 0.1) is 11.3 Å². The first kappa shape index (κ1) is 14.1. The highest BCUT2D eigenvalue weighted by atomic mass is 19.4. The third kappa shape index (κ3) is 3.17. The Bertz CT molecular complexity index is 611. The van der Waals surface area contributed by atoms with Crippen molar-refractivity contribution in [2.45, 2.75) is 6.18 Å². The molecule has 1 aromatic carbocycles. The average Bonchev–Trinajstić information content (AvgIpc) is 2.40. The van der Waals surface area contributed by atoms with Crippen molar-refractivity contribution in [1.82, 2.24) is 4.98 Å². The van der Waals surface area contributed by atoms with Crippen LogP contribution in [0.15, 0.2) is 36.4 Å². The summed E-state index contributed by atoms with van der Waals surface area (Å²) in [6.07, 6.45) is -4.52. The summed E-state index contributed by atoms with van der Waals surface area (Å²) in [6, 6.07) is 7.02. The van der Waals surface area contributed by atoms with Crippen LogP contribution >= 0.6 is 0 Å². The van der Waals surface area contributed by atoms with Gasteiger partial charge in [-0.05, 0) is 30.3 Å². The van der Waals surface area contributed by atoms with E-state index in [-0.39, 0.29) is 11.5 Å². The molecule has 0 atom stereocenters. The summed E-state index contributed by atoms with van der Waals surface area (Å²) >= 11 is 0. The molecule has 0 aliphatic rings. The third-order valence-corrected chi connectivity index (χ3v) is 2.56. The van der Waals surface area contributed by atoms with Gasteiger partial charge >= 0.3 is 6.18 Å². The van der Waals surface area contributed by atoms with Crippen molar-refractivity contribution in [2.75, 3.05) is 17.7 Å². The summed E-state index contributed by atoms with van der Waals surface area (Å²) in [4.78, 5) is 4.05. The molecule has 7 heteroatoms. The van der Waals surface area contributed by atoms with Crippen LogP contribution in [0.3, 0.4) is 0 Å². The number of pyridine rings is 1. The number of benzene rings is 1. The van der Waals surface area contributed by atoms with Crippen molar-refractivity contribution < 1.29 is 17.6 Å². The Morgan fingerprint density at radius 3 is 2.40 bits per heavy atom. The highest BCUT2D eigenvalue weighted by Crippen LogP contribution is 2.32. The van der Waals surface area contributed by atoms with Gasteiger partial charge in [-0.15, -0.1) is 0 Å². The van der Waals surface area contributed by atoms with E-state index >= 15 is 0 Å². The van der Waals surface area contributed by atoms with Crippen molar-refractivity contribution in [3.8, 4) is 0 Å². The van der Waals surface area contributed by atoms with Crippen molar-refractivity contribution in [3.63, 3.8) is 0 Å². The van der Waals surface area contributed by atoms with Crippen LogP contribution < -0.4 is 10.6 Å². The second kappa shape index (κ2) is 5.36. The standard InChI is InChI=1S/C13H11F4N3/c1-18-11-3-2-4-12(20-11)19-10-7-8(13(15,16)17)5-6-9(10)14/h2-7H,1H3,(H2,18,19,20).